The lowest BCUT2D eigenvalue weighted by atomic mass is 9.95. The van der Waals surface area contributed by atoms with Gasteiger partial charge >= 0.3 is 0 Å². The highest BCUT2D eigenvalue weighted by molar-refractivity contribution is 7.14. The van der Waals surface area contributed by atoms with E-state index in [-0.39, 0.29) is 12.7 Å². The number of nitrogens with one attached hydrogen (secondary N) is 1. The van der Waals surface area contributed by atoms with Crippen LogP contribution in [0.2, 0.25) is 0 Å². The number of likely N-dealkylation sites (N-methyl/N-ethyl adjacent to an activating group) is 1. The predicted octanol–water partition coefficient (Wildman–Crippen LogP) is 3.34. The molecule has 0 unspecified atom stereocenters. The summed E-state index contributed by atoms with van der Waals surface area (Å²) >= 11 is 1.50. The molecule has 0 saturated heterocycles. The van der Waals surface area contributed by atoms with Crippen LogP contribution < -0.4 is 19.5 Å². The van der Waals surface area contributed by atoms with E-state index in [1.54, 1.807) is 7.11 Å². The highest BCUT2D eigenvalue weighted by Crippen LogP contribution is 2.52. The Balaban J connectivity index is 1.79. The van der Waals surface area contributed by atoms with Gasteiger partial charge in [0, 0.05) is 23.5 Å². The van der Waals surface area contributed by atoms with Crippen molar-refractivity contribution in [1.29, 1.82) is 0 Å². The lowest BCUT2D eigenvalue weighted by Gasteiger charge is -2.29. The van der Waals surface area contributed by atoms with Gasteiger partial charge in [0.25, 0.3) is 5.91 Å². The molecule has 7 heteroatoms. The second kappa shape index (κ2) is 6.48. The van der Waals surface area contributed by atoms with Crippen LogP contribution in [-0.4, -0.2) is 38.3 Å². The molecule has 1 N–H and O–H groups in total. The molecular weight excluding hydrogens is 352 g/mol. The van der Waals surface area contributed by atoms with Gasteiger partial charge in [-0.3, -0.25) is 4.79 Å². The maximum atomic E-state index is 12.8. The molecule has 3 heterocycles. The number of hydrogen-bond donors (Lipinski definition) is 1. The average Bonchev–Trinajstić information content (AvgIpc) is 3.22. The van der Waals surface area contributed by atoms with Gasteiger partial charge in [0.1, 0.15) is 0 Å². The predicted molar refractivity (Wildman–Crippen MR) is 101 cm³/mol. The number of carbonyl (C=O) groups is 1. The van der Waals surface area contributed by atoms with Crippen molar-refractivity contribution in [2.45, 2.75) is 26.8 Å². The van der Waals surface area contributed by atoms with Crippen molar-refractivity contribution in [2.75, 3.05) is 32.8 Å². The van der Waals surface area contributed by atoms with Crippen LogP contribution in [0, 0.1) is 13.8 Å². The number of carbonyl (C=O) groups excluding carboxylic acids is 1. The molecule has 0 spiro atoms. The zero-order valence-electron chi connectivity index (χ0n) is 15.4. The maximum absolute atomic E-state index is 12.8. The van der Waals surface area contributed by atoms with Gasteiger partial charge < -0.3 is 24.4 Å². The fraction of sp³-hybridized carbons (Fsp3) is 0.421. The van der Waals surface area contributed by atoms with Crippen LogP contribution in [0.4, 0.5) is 5.69 Å². The van der Waals surface area contributed by atoms with Crippen LogP contribution in [0.1, 0.15) is 31.2 Å². The Morgan fingerprint density at radius 2 is 2.04 bits per heavy atom. The van der Waals surface area contributed by atoms with Crippen LogP contribution in [0.25, 0.3) is 0 Å². The topological polar surface area (TPSA) is 60.0 Å². The van der Waals surface area contributed by atoms with Crippen molar-refractivity contribution < 1.29 is 19.0 Å². The number of methoxy groups -OCH3 is 1. The van der Waals surface area contributed by atoms with E-state index >= 15 is 0 Å². The van der Waals surface area contributed by atoms with Crippen molar-refractivity contribution in [3.63, 3.8) is 0 Å². The molecular formula is C19H22N2O4S. The standard InChI is InChI=1S/C19H22N2O4S/c1-10-7-14(26-11(10)2)19(22)20-15-12-5-6-21(3)8-13(12)16(23-4)18-17(15)24-9-25-18/h7H,5-6,8-9H2,1-4H3,(H,20,22). The van der Waals surface area contributed by atoms with E-state index in [1.807, 2.05) is 19.9 Å². The Labute approximate surface area is 156 Å². The summed E-state index contributed by atoms with van der Waals surface area (Å²) in [6.07, 6.45) is 0.816. The number of ether oxygens (including phenoxy) is 3. The van der Waals surface area contributed by atoms with Crippen LogP contribution >= 0.6 is 11.3 Å². The molecule has 0 aliphatic carbocycles. The minimum absolute atomic E-state index is 0.116. The van der Waals surface area contributed by atoms with Crippen molar-refractivity contribution in [1.82, 2.24) is 4.90 Å². The van der Waals surface area contributed by atoms with Gasteiger partial charge in [0.15, 0.2) is 11.5 Å². The minimum Gasteiger partial charge on any atom is -0.492 e. The quantitative estimate of drug-likeness (QED) is 0.893. The van der Waals surface area contributed by atoms with Gasteiger partial charge in [-0.1, -0.05) is 0 Å². The Morgan fingerprint density at radius 3 is 2.73 bits per heavy atom. The lowest BCUT2D eigenvalue weighted by molar-refractivity contribution is 0.102. The van der Waals surface area contributed by atoms with Gasteiger partial charge in [-0.2, -0.15) is 0 Å². The summed E-state index contributed by atoms with van der Waals surface area (Å²) in [5.74, 6) is 1.74. The van der Waals surface area contributed by atoms with Gasteiger partial charge in [-0.25, -0.2) is 0 Å². The van der Waals surface area contributed by atoms with Crippen molar-refractivity contribution in [2.24, 2.45) is 0 Å². The molecule has 138 valence electrons. The number of thiophene rings is 1. The van der Waals surface area contributed by atoms with Gasteiger partial charge in [0.2, 0.25) is 12.5 Å². The van der Waals surface area contributed by atoms with E-state index in [0.717, 1.165) is 46.8 Å². The summed E-state index contributed by atoms with van der Waals surface area (Å²) in [4.78, 5) is 16.9. The molecule has 0 bridgehead atoms. The Bertz CT molecular complexity index is 871. The van der Waals surface area contributed by atoms with Crippen LogP contribution in [-0.2, 0) is 13.0 Å². The number of anilines is 1. The summed E-state index contributed by atoms with van der Waals surface area (Å²) in [7, 11) is 3.71. The molecule has 2 aliphatic rings. The Kier molecular flexibility index (Phi) is 4.28. The molecule has 0 fully saturated rings. The SMILES string of the molecule is COc1c2c(c(NC(=O)c3cc(C)c(C)s3)c3c1OCO3)CCN(C)C2. The average molecular weight is 374 g/mol. The zero-order chi connectivity index (χ0) is 18.4. The molecule has 2 aromatic rings. The number of benzene rings is 1. The molecule has 26 heavy (non-hydrogen) atoms. The third-order valence-electron chi connectivity index (χ3n) is 4.99. The number of fused-ring (bicyclic) bond motifs is 2. The Morgan fingerprint density at radius 1 is 1.27 bits per heavy atom. The Hall–Kier alpha value is -2.25. The van der Waals surface area contributed by atoms with Gasteiger partial charge in [-0.05, 0) is 44.5 Å². The smallest absolute Gasteiger partial charge is 0.265 e. The number of nitrogens with zero attached hydrogens (tertiary/aromatic N) is 1. The first-order valence-corrected chi connectivity index (χ1v) is 9.39. The van der Waals surface area contributed by atoms with E-state index in [4.69, 9.17) is 14.2 Å². The van der Waals surface area contributed by atoms with Crippen LogP contribution in [0.3, 0.4) is 0 Å². The van der Waals surface area contributed by atoms with Gasteiger partial charge in [-0.15, -0.1) is 11.3 Å². The molecule has 1 amide bonds. The summed E-state index contributed by atoms with van der Waals surface area (Å²) in [5, 5.41) is 3.09. The number of amides is 1. The summed E-state index contributed by atoms with van der Waals surface area (Å²) in [6.45, 7) is 5.83. The molecule has 0 radical (unpaired) electrons. The molecule has 6 nitrogen and oxygen atoms in total. The third-order valence-corrected chi connectivity index (χ3v) is 6.14. The number of aryl methyl sites for hydroxylation is 2. The molecule has 1 aromatic carbocycles. The fourth-order valence-electron chi connectivity index (χ4n) is 3.50. The van der Waals surface area contributed by atoms with E-state index in [0.29, 0.717) is 22.1 Å². The third kappa shape index (κ3) is 2.71. The first-order chi connectivity index (χ1) is 12.5. The van der Waals surface area contributed by atoms with E-state index in [9.17, 15) is 4.79 Å². The normalized spacial score (nSPS) is 15.7. The molecule has 1 aromatic heterocycles. The highest BCUT2D eigenvalue weighted by atomic mass is 32.1. The largest absolute Gasteiger partial charge is 0.492 e. The lowest BCUT2D eigenvalue weighted by Crippen LogP contribution is -2.28. The van der Waals surface area contributed by atoms with E-state index in [2.05, 4.69) is 17.3 Å². The summed E-state index contributed by atoms with van der Waals surface area (Å²) < 4.78 is 17.0. The zero-order valence-corrected chi connectivity index (χ0v) is 16.2. The molecule has 0 atom stereocenters. The monoisotopic (exact) mass is 374 g/mol. The van der Waals surface area contributed by atoms with Crippen molar-refractivity contribution >= 4 is 22.9 Å². The summed E-state index contributed by atoms with van der Waals surface area (Å²) in [5.41, 5.74) is 3.97. The second-order valence-corrected chi connectivity index (χ2v) is 7.98. The second-order valence-electron chi connectivity index (χ2n) is 6.72. The number of rotatable bonds is 3. The number of hydrogen-bond acceptors (Lipinski definition) is 6. The van der Waals surface area contributed by atoms with Crippen molar-refractivity contribution in [3.05, 3.63) is 32.5 Å². The summed E-state index contributed by atoms with van der Waals surface area (Å²) in [6, 6.07) is 1.93. The molecule has 4 rings (SSSR count). The minimum atomic E-state index is -0.116. The van der Waals surface area contributed by atoms with Crippen LogP contribution in [0.15, 0.2) is 6.07 Å². The van der Waals surface area contributed by atoms with Gasteiger partial charge in [0.05, 0.1) is 17.7 Å². The van der Waals surface area contributed by atoms with E-state index < -0.39 is 0 Å². The fourth-order valence-corrected chi connectivity index (χ4v) is 4.43. The molecule has 0 saturated carbocycles. The van der Waals surface area contributed by atoms with Crippen LogP contribution in [0.5, 0.6) is 17.2 Å². The highest BCUT2D eigenvalue weighted by Gasteiger charge is 2.33. The first kappa shape index (κ1) is 17.2. The van der Waals surface area contributed by atoms with E-state index in [1.165, 1.54) is 11.3 Å². The maximum Gasteiger partial charge on any atom is 0.265 e. The molecule has 2 aliphatic heterocycles. The van der Waals surface area contributed by atoms with Crippen molar-refractivity contribution in [3.8, 4) is 17.2 Å². The first-order valence-electron chi connectivity index (χ1n) is 8.57.